The highest BCUT2D eigenvalue weighted by molar-refractivity contribution is 6.28. The highest BCUT2D eigenvalue weighted by Gasteiger charge is 2.20. The summed E-state index contributed by atoms with van der Waals surface area (Å²) in [5.74, 6) is -0.230. The van der Waals surface area contributed by atoms with Gasteiger partial charge < -0.3 is 4.90 Å². The van der Waals surface area contributed by atoms with E-state index in [1.54, 1.807) is 24.1 Å². The zero-order valence-electron chi connectivity index (χ0n) is 10.5. The van der Waals surface area contributed by atoms with Crippen LogP contribution in [0.4, 0.5) is 15.9 Å². The Morgan fingerprint density at radius 1 is 1.40 bits per heavy atom. The fourth-order valence-electron chi connectivity index (χ4n) is 1.69. The van der Waals surface area contributed by atoms with Crippen LogP contribution in [0.3, 0.4) is 0 Å². The van der Waals surface area contributed by atoms with Gasteiger partial charge in [0.2, 0.25) is 11.1 Å². The molecule has 0 unspecified atom stereocenters. The number of halogens is 2. The maximum Gasteiger partial charge on any atom is 0.329 e. The van der Waals surface area contributed by atoms with Crippen LogP contribution in [-0.2, 0) is 6.54 Å². The number of anilines is 1. The SMILES string of the molecule is CN(Cc1ccc(F)cc1)c1nc(Cl)ncc1[N+](=O)[O-]. The molecule has 0 radical (unpaired) electrons. The van der Waals surface area contributed by atoms with Crippen LogP contribution in [0.2, 0.25) is 5.28 Å². The molecule has 2 rings (SSSR count). The van der Waals surface area contributed by atoms with Gasteiger partial charge in [-0.2, -0.15) is 4.98 Å². The minimum Gasteiger partial charge on any atom is -0.349 e. The monoisotopic (exact) mass is 296 g/mol. The standard InChI is InChI=1S/C12H10ClFN4O2/c1-17(7-8-2-4-9(14)5-3-8)11-10(18(19)20)6-15-12(13)16-11/h2-6H,7H2,1H3. The van der Waals surface area contributed by atoms with Crippen LogP contribution in [0, 0.1) is 15.9 Å². The molecule has 1 aromatic heterocycles. The predicted octanol–water partition coefficient (Wildman–Crippen LogP) is 2.81. The Morgan fingerprint density at radius 2 is 2.05 bits per heavy atom. The second-order valence-electron chi connectivity index (χ2n) is 4.09. The molecule has 0 bridgehead atoms. The van der Waals surface area contributed by atoms with Crippen LogP contribution in [0.5, 0.6) is 0 Å². The van der Waals surface area contributed by atoms with Crippen molar-refractivity contribution in [1.29, 1.82) is 0 Å². The van der Waals surface area contributed by atoms with Gasteiger partial charge in [-0.05, 0) is 29.3 Å². The Hall–Kier alpha value is -2.28. The third-order valence-electron chi connectivity index (χ3n) is 2.61. The third-order valence-corrected chi connectivity index (χ3v) is 2.79. The second-order valence-corrected chi connectivity index (χ2v) is 4.43. The van der Waals surface area contributed by atoms with Gasteiger partial charge in [-0.15, -0.1) is 0 Å². The fourth-order valence-corrected chi connectivity index (χ4v) is 1.82. The van der Waals surface area contributed by atoms with Gasteiger partial charge in [-0.3, -0.25) is 10.1 Å². The smallest absolute Gasteiger partial charge is 0.329 e. The molecule has 20 heavy (non-hydrogen) atoms. The van der Waals surface area contributed by atoms with Crippen molar-refractivity contribution in [2.45, 2.75) is 6.54 Å². The summed E-state index contributed by atoms with van der Waals surface area (Å²) in [7, 11) is 1.63. The molecule has 0 fully saturated rings. The maximum absolute atomic E-state index is 12.8. The molecule has 0 saturated carbocycles. The van der Waals surface area contributed by atoms with Crippen molar-refractivity contribution in [3.05, 3.63) is 57.2 Å². The molecule has 1 aromatic carbocycles. The van der Waals surface area contributed by atoms with Crippen LogP contribution in [-0.4, -0.2) is 21.9 Å². The molecule has 1 heterocycles. The van der Waals surface area contributed by atoms with E-state index in [0.29, 0.717) is 6.54 Å². The first-order valence-corrected chi connectivity index (χ1v) is 5.97. The Balaban J connectivity index is 2.28. The maximum atomic E-state index is 12.8. The molecule has 0 atom stereocenters. The largest absolute Gasteiger partial charge is 0.349 e. The minimum absolute atomic E-state index is 0.0726. The van der Waals surface area contributed by atoms with E-state index in [-0.39, 0.29) is 22.6 Å². The summed E-state index contributed by atoms with van der Waals surface area (Å²) in [5.41, 5.74) is 0.553. The van der Waals surface area contributed by atoms with E-state index in [2.05, 4.69) is 9.97 Å². The van der Waals surface area contributed by atoms with Crippen molar-refractivity contribution >= 4 is 23.1 Å². The topological polar surface area (TPSA) is 72.2 Å². The molecule has 0 spiro atoms. The Morgan fingerprint density at radius 3 is 2.65 bits per heavy atom. The summed E-state index contributed by atoms with van der Waals surface area (Å²) in [6, 6.07) is 5.84. The van der Waals surface area contributed by atoms with Crippen LogP contribution >= 0.6 is 11.6 Å². The molecule has 0 N–H and O–H groups in total. The Labute approximate surface area is 119 Å². The lowest BCUT2D eigenvalue weighted by molar-refractivity contribution is -0.384. The summed E-state index contributed by atoms with van der Waals surface area (Å²) in [5, 5.41) is 10.9. The Kier molecular flexibility index (Phi) is 4.09. The van der Waals surface area contributed by atoms with Crippen LogP contribution in [0.1, 0.15) is 5.56 Å². The van der Waals surface area contributed by atoms with E-state index in [0.717, 1.165) is 11.8 Å². The van der Waals surface area contributed by atoms with Gasteiger partial charge in [0.1, 0.15) is 12.0 Å². The normalized spacial score (nSPS) is 10.3. The van der Waals surface area contributed by atoms with Gasteiger partial charge in [0.25, 0.3) is 0 Å². The number of nitrogens with zero attached hydrogens (tertiary/aromatic N) is 4. The van der Waals surface area contributed by atoms with Gasteiger partial charge in [0.15, 0.2) is 0 Å². The zero-order chi connectivity index (χ0) is 14.7. The summed E-state index contributed by atoms with van der Waals surface area (Å²) >= 11 is 5.67. The number of aromatic nitrogens is 2. The predicted molar refractivity (Wildman–Crippen MR) is 72.2 cm³/mol. The zero-order valence-corrected chi connectivity index (χ0v) is 11.2. The average Bonchev–Trinajstić information content (AvgIpc) is 2.41. The van der Waals surface area contributed by atoms with Gasteiger partial charge in [0.05, 0.1) is 4.92 Å². The third kappa shape index (κ3) is 3.18. The number of rotatable bonds is 4. The molecular formula is C12H10ClFN4O2. The molecule has 0 aliphatic carbocycles. The van der Waals surface area contributed by atoms with Crippen molar-refractivity contribution < 1.29 is 9.31 Å². The average molecular weight is 297 g/mol. The quantitative estimate of drug-likeness (QED) is 0.493. The van der Waals surface area contributed by atoms with Crippen LogP contribution in [0.25, 0.3) is 0 Å². The van der Waals surface area contributed by atoms with Gasteiger partial charge in [-0.25, -0.2) is 9.37 Å². The molecule has 8 heteroatoms. The fraction of sp³-hybridized carbons (Fsp3) is 0.167. The lowest BCUT2D eigenvalue weighted by Gasteiger charge is -2.17. The number of benzene rings is 1. The highest BCUT2D eigenvalue weighted by atomic mass is 35.5. The van der Waals surface area contributed by atoms with E-state index in [1.807, 2.05) is 0 Å². The van der Waals surface area contributed by atoms with Crippen molar-refractivity contribution in [3.63, 3.8) is 0 Å². The van der Waals surface area contributed by atoms with Crippen LogP contribution in [0.15, 0.2) is 30.5 Å². The Bertz CT molecular complexity index is 636. The molecule has 0 amide bonds. The van der Waals surface area contributed by atoms with E-state index in [9.17, 15) is 14.5 Å². The molecule has 0 saturated heterocycles. The summed E-state index contributed by atoms with van der Waals surface area (Å²) in [6.07, 6.45) is 1.06. The van der Waals surface area contributed by atoms with E-state index >= 15 is 0 Å². The van der Waals surface area contributed by atoms with Crippen LogP contribution < -0.4 is 4.90 Å². The second kappa shape index (κ2) is 5.79. The molecule has 0 aliphatic rings. The molecule has 0 aliphatic heterocycles. The first-order valence-electron chi connectivity index (χ1n) is 5.60. The minimum atomic E-state index is -0.577. The van der Waals surface area contributed by atoms with Gasteiger partial charge in [-0.1, -0.05) is 12.1 Å². The van der Waals surface area contributed by atoms with Gasteiger partial charge >= 0.3 is 5.69 Å². The van der Waals surface area contributed by atoms with Crippen molar-refractivity contribution in [2.75, 3.05) is 11.9 Å². The van der Waals surface area contributed by atoms with Crippen molar-refractivity contribution in [1.82, 2.24) is 9.97 Å². The highest BCUT2D eigenvalue weighted by Crippen LogP contribution is 2.26. The van der Waals surface area contributed by atoms with E-state index < -0.39 is 4.92 Å². The number of hydrogen-bond acceptors (Lipinski definition) is 5. The summed E-state index contributed by atoms with van der Waals surface area (Å²) in [6.45, 7) is 0.328. The lowest BCUT2D eigenvalue weighted by atomic mass is 10.2. The molecular weight excluding hydrogens is 287 g/mol. The molecule has 2 aromatic rings. The van der Waals surface area contributed by atoms with Crippen molar-refractivity contribution in [3.8, 4) is 0 Å². The first kappa shape index (κ1) is 14.1. The summed E-state index contributed by atoms with van der Waals surface area (Å²) in [4.78, 5) is 19.4. The summed E-state index contributed by atoms with van der Waals surface area (Å²) < 4.78 is 12.8. The van der Waals surface area contributed by atoms with E-state index in [1.165, 1.54) is 12.1 Å². The molecule has 104 valence electrons. The first-order chi connectivity index (χ1) is 9.47. The number of nitro groups is 1. The van der Waals surface area contributed by atoms with Gasteiger partial charge in [0, 0.05) is 13.6 Å². The molecule has 6 nitrogen and oxygen atoms in total. The van der Waals surface area contributed by atoms with Crippen molar-refractivity contribution in [2.24, 2.45) is 0 Å². The van der Waals surface area contributed by atoms with E-state index in [4.69, 9.17) is 11.6 Å². The number of hydrogen-bond donors (Lipinski definition) is 0. The lowest BCUT2D eigenvalue weighted by Crippen LogP contribution is -2.19.